The van der Waals surface area contributed by atoms with Crippen molar-refractivity contribution in [3.05, 3.63) is 102 Å². The zero-order valence-corrected chi connectivity index (χ0v) is 17.9. The average Bonchev–Trinajstić information content (AvgIpc) is 3.33. The molecule has 0 bridgehead atoms. The number of benzene rings is 2. The molecule has 172 valence electrons. The van der Waals surface area contributed by atoms with Crippen LogP contribution in [0.15, 0.2) is 70.8 Å². The van der Waals surface area contributed by atoms with E-state index in [-0.39, 0.29) is 11.3 Å². The largest absolute Gasteiger partial charge is 0.502 e. The number of nitrogens with zero attached hydrogens (tertiary/aromatic N) is 3. The Morgan fingerprint density at radius 2 is 1.76 bits per heavy atom. The predicted octanol–water partition coefficient (Wildman–Crippen LogP) is 3.19. The summed E-state index contributed by atoms with van der Waals surface area (Å²) in [6.07, 6.45) is 2.24. The van der Waals surface area contributed by atoms with Crippen molar-refractivity contribution in [3.8, 4) is 5.75 Å². The number of nitro benzene ring substituents is 2. The van der Waals surface area contributed by atoms with Gasteiger partial charge in [0.2, 0.25) is 5.75 Å². The molecular weight excluding hydrogens is 466 g/mol. The smallest absolute Gasteiger partial charge is 0.318 e. The fourth-order valence-electron chi connectivity index (χ4n) is 2.65. The van der Waals surface area contributed by atoms with Crippen LogP contribution in [-0.4, -0.2) is 33.0 Å². The number of rotatable bonds is 8. The van der Waals surface area contributed by atoms with Crippen LogP contribution in [0.4, 0.5) is 11.4 Å². The second kappa shape index (κ2) is 10.6. The van der Waals surface area contributed by atoms with Crippen LogP contribution in [0.25, 0.3) is 6.08 Å². The maximum absolute atomic E-state index is 12.7. The number of hydrogen-bond acceptors (Lipinski definition) is 9. The van der Waals surface area contributed by atoms with E-state index in [9.17, 15) is 34.9 Å². The van der Waals surface area contributed by atoms with E-state index in [0.29, 0.717) is 16.5 Å². The first kappa shape index (κ1) is 23.7. The maximum atomic E-state index is 12.7. The van der Waals surface area contributed by atoms with Gasteiger partial charge in [0.1, 0.15) is 5.70 Å². The summed E-state index contributed by atoms with van der Waals surface area (Å²) in [5.41, 5.74) is 0.383. The van der Waals surface area contributed by atoms with Crippen LogP contribution in [0, 0.1) is 20.2 Å². The average molecular weight is 481 g/mol. The van der Waals surface area contributed by atoms with Crippen LogP contribution in [0.1, 0.15) is 20.8 Å². The fraction of sp³-hybridized carbons (Fsp3) is 0. The lowest BCUT2D eigenvalue weighted by atomic mass is 10.1. The minimum Gasteiger partial charge on any atom is -0.502 e. The number of carbonyl (C=O) groups excluding carboxylic acids is 2. The summed E-state index contributed by atoms with van der Waals surface area (Å²) in [6, 6.07) is 13.1. The van der Waals surface area contributed by atoms with Gasteiger partial charge in [-0.05, 0) is 29.7 Å². The minimum absolute atomic E-state index is 0.150. The number of phenols is 1. The molecule has 0 atom stereocenters. The second-order valence-corrected chi connectivity index (χ2v) is 7.49. The minimum atomic E-state index is -0.987. The molecule has 0 aliphatic carbocycles. The van der Waals surface area contributed by atoms with Gasteiger partial charge in [0.05, 0.1) is 27.7 Å². The quantitative estimate of drug-likeness (QED) is 0.191. The van der Waals surface area contributed by atoms with Crippen molar-refractivity contribution in [3.63, 3.8) is 0 Å². The third kappa shape index (κ3) is 5.86. The summed E-state index contributed by atoms with van der Waals surface area (Å²) < 4.78 is 0. The molecule has 3 N–H and O–H groups in total. The molecule has 13 heteroatoms. The molecule has 0 radical (unpaired) electrons. The summed E-state index contributed by atoms with van der Waals surface area (Å²) in [5.74, 6) is -2.25. The van der Waals surface area contributed by atoms with E-state index >= 15 is 0 Å². The Bertz CT molecular complexity index is 1300. The van der Waals surface area contributed by atoms with Gasteiger partial charge in [-0.25, -0.2) is 5.43 Å². The van der Waals surface area contributed by atoms with Crippen LogP contribution in [0.3, 0.4) is 0 Å². The van der Waals surface area contributed by atoms with Crippen LogP contribution >= 0.6 is 11.3 Å². The van der Waals surface area contributed by atoms with Crippen molar-refractivity contribution in [1.29, 1.82) is 0 Å². The number of non-ortho nitro benzene ring substituents is 1. The lowest BCUT2D eigenvalue weighted by Gasteiger charge is -2.08. The number of carbonyl (C=O) groups is 2. The predicted molar refractivity (Wildman–Crippen MR) is 123 cm³/mol. The van der Waals surface area contributed by atoms with Gasteiger partial charge in [-0.15, -0.1) is 11.3 Å². The van der Waals surface area contributed by atoms with E-state index in [1.165, 1.54) is 17.4 Å². The Kier molecular flexibility index (Phi) is 7.41. The molecular formula is C21H15N5O7S. The molecule has 3 aromatic rings. The monoisotopic (exact) mass is 481 g/mol. The molecule has 0 spiro atoms. The SMILES string of the molecule is O=C(N/N=C/c1cc([N+](=O)[O-])cc([N+](=O)[O-])c1O)C(=Cc1cccs1)NC(=O)c1ccccc1. The van der Waals surface area contributed by atoms with E-state index in [2.05, 4.69) is 15.8 Å². The van der Waals surface area contributed by atoms with Crippen LogP contribution < -0.4 is 10.7 Å². The molecule has 2 aromatic carbocycles. The van der Waals surface area contributed by atoms with E-state index in [4.69, 9.17) is 0 Å². The molecule has 0 aliphatic heterocycles. The van der Waals surface area contributed by atoms with Crippen molar-refractivity contribution < 1.29 is 24.5 Å². The van der Waals surface area contributed by atoms with E-state index in [0.717, 1.165) is 12.3 Å². The summed E-state index contributed by atoms with van der Waals surface area (Å²) >= 11 is 1.32. The molecule has 2 amide bonds. The number of nitrogens with one attached hydrogen (secondary N) is 2. The van der Waals surface area contributed by atoms with Crippen LogP contribution in [0.2, 0.25) is 0 Å². The van der Waals surface area contributed by atoms with Gasteiger partial charge >= 0.3 is 5.69 Å². The third-order valence-electron chi connectivity index (χ3n) is 4.24. The van der Waals surface area contributed by atoms with Crippen LogP contribution in [0.5, 0.6) is 5.75 Å². The summed E-state index contributed by atoms with van der Waals surface area (Å²) in [6.45, 7) is 0. The first-order valence-corrected chi connectivity index (χ1v) is 10.2. The second-order valence-electron chi connectivity index (χ2n) is 6.51. The first-order chi connectivity index (χ1) is 16.3. The fourth-order valence-corrected chi connectivity index (χ4v) is 3.30. The van der Waals surface area contributed by atoms with Gasteiger partial charge in [0.25, 0.3) is 17.5 Å². The molecule has 34 heavy (non-hydrogen) atoms. The highest BCUT2D eigenvalue weighted by atomic mass is 32.1. The van der Waals surface area contributed by atoms with Gasteiger partial charge in [-0.1, -0.05) is 24.3 Å². The summed E-state index contributed by atoms with van der Waals surface area (Å²) in [4.78, 5) is 46.1. The molecule has 0 fully saturated rings. The molecule has 1 heterocycles. The standard InChI is InChI=1S/C21H15N5O7S/c27-19-14(9-15(25(30)31)10-18(19)26(32)33)12-22-24-21(29)17(11-16-7-4-8-34-16)23-20(28)13-5-2-1-3-6-13/h1-12,27H,(H,23,28)(H,24,29)/b17-11?,22-12+. The molecule has 0 aliphatic rings. The molecule has 1 aromatic heterocycles. The van der Waals surface area contributed by atoms with Gasteiger partial charge < -0.3 is 10.4 Å². The lowest BCUT2D eigenvalue weighted by Crippen LogP contribution is -2.32. The Morgan fingerprint density at radius 3 is 2.38 bits per heavy atom. The van der Waals surface area contributed by atoms with Gasteiger partial charge in [-0.2, -0.15) is 5.10 Å². The number of hydrogen-bond donors (Lipinski definition) is 3. The van der Waals surface area contributed by atoms with Crippen molar-refractivity contribution >= 4 is 46.8 Å². The lowest BCUT2D eigenvalue weighted by molar-refractivity contribution is -0.394. The number of thiophene rings is 1. The first-order valence-electron chi connectivity index (χ1n) is 9.37. The molecule has 3 rings (SSSR count). The number of nitro groups is 2. The number of hydrazone groups is 1. The normalized spacial score (nSPS) is 11.2. The highest BCUT2D eigenvalue weighted by Gasteiger charge is 2.23. The number of aromatic hydroxyl groups is 1. The Balaban J connectivity index is 1.84. The van der Waals surface area contributed by atoms with E-state index < -0.39 is 38.8 Å². The van der Waals surface area contributed by atoms with E-state index in [1.54, 1.807) is 47.8 Å². The summed E-state index contributed by atoms with van der Waals surface area (Å²) in [7, 11) is 0. The Morgan fingerprint density at radius 1 is 1.03 bits per heavy atom. The number of amides is 2. The number of phenolic OH excluding ortho intramolecular Hbond substituents is 1. The molecule has 0 saturated carbocycles. The van der Waals surface area contributed by atoms with Crippen molar-refractivity contribution in [2.24, 2.45) is 5.10 Å². The molecule has 0 saturated heterocycles. The zero-order valence-electron chi connectivity index (χ0n) is 17.1. The maximum Gasteiger partial charge on any atom is 0.318 e. The topological polar surface area (TPSA) is 177 Å². The zero-order chi connectivity index (χ0) is 24.7. The van der Waals surface area contributed by atoms with Crippen molar-refractivity contribution in [2.75, 3.05) is 0 Å². The van der Waals surface area contributed by atoms with Gasteiger partial charge in [0.15, 0.2) is 0 Å². The molecule has 0 unspecified atom stereocenters. The van der Waals surface area contributed by atoms with E-state index in [1.807, 2.05) is 0 Å². The third-order valence-corrected chi connectivity index (χ3v) is 5.06. The Hall–Kier alpha value is -4.91. The van der Waals surface area contributed by atoms with Gasteiger partial charge in [0, 0.05) is 16.5 Å². The summed E-state index contributed by atoms with van der Waals surface area (Å²) in [5, 5.41) is 40.0. The van der Waals surface area contributed by atoms with Crippen LogP contribution in [-0.2, 0) is 4.79 Å². The van der Waals surface area contributed by atoms with Gasteiger partial charge in [-0.3, -0.25) is 29.8 Å². The highest BCUT2D eigenvalue weighted by molar-refractivity contribution is 7.10. The highest BCUT2D eigenvalue weighted by Crippen LogP contribution is 2.33. The van der Waals surface area contributed by atoms with Crippen molar-refractivity contribution in [2.45, 2.75) is 0 Å². The van der Waals surface area contributed by atoms with Crippen molar-refractivity contribution in [1.82, 2.24) is 10.7 Å². The Labute approximate surface area is 195 Å². The molecule has 12 nitrogen and oxygen atoms in total.